The maximum absolute atomic E-state index is 11.7. The molecule has 0 saturated heterocycles. The van der Waals surface area contributed by atoms with Crippen LogP contribution in [-0.4, -0.2) is 48.6 Å². The highest BCUT2D eigenvalue weighted by molar-refractivity contribution is 5.77. The molecule has 0 bridgehead atoms. The van der Waals surface area contributed by atoms with Crippen molar-refractivity contribution in [3.8, 4) is 0 Å². The van der Waals surface area contributed by atoms with Crippen molar-refractivity contribution in [2.24, 2.45) is 5.92 Å². The molecule has 0 spiro atoms. The molecule has 1 amide bonds. The summed E-state index contributed by atoms with van der Waals surface area (Å²) in [5.74, 6) is -0.382. The highest BCUT2D eigenvalue weighted by Crippen LogP contribution is 2.06. The van der Waals surface area contributed by atoms with Gasteiger partial charge in [0.05, 0.1) is 0 Å². The van der Waals surface area contributed by atoms with Gasteiger partial charge in [-0.05, 0) is 32.9 Å². The van der Waals surface area contributed by atoms with E-state index < -0.39 is 5.97 Å². The summed E-state index contributed by atoms with van der Waals surface area (Å²) in [4.78, 5) is 24.1. The molecule has 0 aliphatic heterocycles. The molecular formula is C13H26N2O3. The molecule has 0 aliphatic carbocycles. The van der Waals surface area contributed by atoms with Crippen LogP contribution in [0.1, 0.15) is 39.5 Å². The minimum atomic E-state index is -0.852. The summed E-state index contributed by atoms with van der Waals surface area (Å²) in [7, 11) is 3.95. The van der Waals surface area contributed by atoms with Crippen LogP contribution in [0.2, 0.25) is 0 Å². The van der Waals surface area contributed by atoms with Gasteiger partial charge in [-0.2, -0.15) is 0 Å². The second-order valence-corrected chi connectivity index (χ2v) is 5.40. The summed E-state index contributed by atoms with van der Waals surface area (Å²) in [6.07, 6.45) is 1.67. The van der Waals surface area contributed by atoms with Crippen LogP contribution in [0.15, 0.2) is 0 Å². The maximum Gasteiger partial charge on any atom is 0.303 e. The first-order valence-corrected chi connectivity index (χ1v) is 6.47. The van der Waals surface area contributed by atoms with E-state index >= 15 is 0 Å². The largest absolute Gasteiger partial charge is 0.481 e. The van der Waals surface area contributed by atoms with Crippen LogP contribution in [0.4, 0.5) is 0 Å². The molecule has 5 nitrogen and oxygen atoms in total. The van der Waals surface area contributed by atoms with Gasteiger partial charge >= 0.3 is 5.97 Å². The zero-order valence-electron chi connectivity index (χ0n) is 11.9. The van der Waals surface area contributed by atoms with E-state index in [0.29, 0.717) is 12.3 Å². The Morgan fingerprint density at radius 1 is 1.22 bits per heavy atom. The SMILES string of the molecule is CC(C)CC(CN(C)C)NC(=O)CCCC(=O)O. The molecular weight excluding hydrogens is 232 g/mol. The monoisotopic (exact) mass is 258 g/mol. The third-order valence-electron chi connectivity index (χ3n) is 2.50. The van der Waals surface area contributed by atoms with Crippen LogP contribution in [0, 0.1) is 5.92 Å². The average Bonchev–Trinajstić information content (AvgIpc) is 2.13. The Balaban J connectivity index is 4.05. The summed E-state index contributed by atoms with van der Waals surface area (Å²) in [6, 6.07) is 0.136. The molecule has 0 aromatic rings. The lowest BCUT2D eigenvalue weighted by molar-refractivity contribution is -0.137. The predicted molar refractivity (Wildman–Crippen MR) is 71.4 cm³/mol. The minimum Gasteiger partial charge on any atom is -0.481 e. The molecule has 0 saturated carbocycles. The summed E-state index contributed by atoms with van der Waals surface area (Å²) in [5, 5.41) is 11.5. The van der Waals surface area contributed by atoms with Crippen LogP contribution >= 0.6 is 0 Å². The average molecular weight is 258 g/mol. The quantitative estimate of drug-likeness (QED) is 0.654. The van der Waals surface area contributed by atoms with Gasteiger partial charge in [0.2, 0.25) is 5.91 Å². The third-order valence-corrected chi connectivity index (χ3v) is 2.50. The Hall–Kier alpha value is -1.10. The van der Waals surface area contributed by atoms with Crippen molar-refractivity contribution in [1.82, 2.24) is 10.2 Å². The van der Waals surface area contributed by atoms with E-state index in [1.54, 1.807) is 0 Å². The van der Waals surface area contributed by atoms with Gasteiger partial charge in [0, 0.05) is 25.4 Å². The van der Waals surface area contributed by atoms with Gasteiger partial charge in [0.15, 0.2) is 0 Å². The number of aliphatic carboxylic acids is 1. The number of nitrogens with one attached hydrogen (secondary N) is 1. The molecule has 0 fully saturated rings. The van der Waals surface area contributed by atoms with E-state index in [2.05, 4.69) is 19.2 Å². The number of carboxylic acid groups (broad SMARTS) is 1. The molecule has 106 valence electrons. The topological polar surface area (TPSA) is 69.6 Å². The minimum absolute atomic E-state index is 0.0515. The highest BCUT2D eigenvalue weighted by Gasteiger charge is 2.14. The van der Waals surface area contributed by atoms with Crippen molar-refractivity contribution in [3.05, 3.63) is 0 Å². The van der Waals surface area contributed by atoms with Crippen LogP contribution in [0.3, 0.4) is 0 Å². The van der Waals surface area contributed by atoms with Gasteiger partial charge in [0.25, 0.3) is 0 Å². The van der Waals surface area contributed by atoms with Gasteiger partial charge in [-0.15, -0.1) is 0 Å². The fourth-order valence-electron chi connectivity index (χ4n) is 1.89. The van der Waals surface area contributed by atoms with Crippen LogP contribution in [-0.2, 0) is 9.59 Å². The molecule has 0 heterocycles. The third kappa shape index (κ3) is 10.1. The molecule has 0 aliphatic rings. The van der Waals surface area contributed by atoms with E-state index in [0.717, 1.165) is 13.0 Å². The Morgan fingerprint density at radius 2 is 1.83 bits per heavy atom. The van der Waals surface area contributed by atoms with Gasteiger partial charge in [-0.1, -0.05) is 13.8 Å². The number of carbonyl (C=O) groups is 2. The second kappa shape index (κ2) is 8.91. The zero-order chi connectivity index (χ0) is 14.1. The van der Waals surface area contributed by atoms with Crippen LogP contribution in [0.25, 0.3) is 0 Å². The van der Waals surface area contributed by atoms with Crippen LogP contribution in [0.5, 0.6) is 0 Å². The summed E-state index contributed by atoms with van der Waals surface area (Å²) in [5.41, 5.74) is 0. The lowest BCUT2D eigenvalue weighted by Crippen LogP contribution is -2.42. The van der Waals surface area contributed by atoms with Crippen molar-refractivity contribution < 1.29 is 14.7 Å². The number of nitrogens with zero attached hydrogens (tertiary/aromatic N) is 1. The maximum atomic E-state index is 11.7. The first kappa shape index (κ1) is 16.9. The van der Waals surface area contributed by atoms with Gasteiger partial charge in [-0.25, -0.2) is 0 Å². The van der Waals surface area contributed by atoms with Crippen LogP contribution < -0.4 is 5.32 Å². The first-order chi connectivity index (χ1) is 8.31. The van der Waals surface area contributed by atoms with E-state index in [1.807, 2.05) is 19.0 Å². The molecule has 18 heavy (non-hydrogen) atoms. The van der Waals surface area contributed by atoms with Crippen molar-refractivity contribution >= 4 is 11.9 Å². The number of rotatable bonds is 9. The second-order valence-electron chi connectivity index (χ2n) is 5.40. The summed E-state index contributed by atoms with van der Waals surface area (Å²) >= 11 is 0. The highest BCUT2D eigenvalue weighted by atomic mass is 16.4. The molecule has 0 rings (SSSR count). The van der Waals surface area contributed by atoms with Crippen molar-refractivity contribution in [2.75, 3.05) is 20.6 Å². The molecule has 1 atom stereocenters. The smallest absolute Gasteiger partial charge is 0.303 e. The zero-order valence-corrected chi connectivity index (χ0v) is 11.9. The van der Waals surface area contributed by atoms with Crippen molar-refractivity contribution in [2.45, 2.75) is 45.6 Å². The van der Waals surface area contributed by atoms with E-state index in [1.165, 1.54) is 0 Å². The van der Waals surface area contributed by atoms with Crippen molar-refractivity contribution in [1.29, 1.82) is 0 Å². The number of carboxylic acids is 1. The molecule has 5 heteroatoms. The summed E-state index contributed by atoms with van der Waals surface area (Å²) < 4.78 is 0. The molecule has 0 aromatic heterocycles. The number of amides is 1. The van der Waals surface area contributed by atoms with Gasteiger partial charge in [0.1, 0.15) is 0 Å². The fraction of sp³-hybridized carbons (Fsp3) is 0.846. The first-order valence-electron chi connectivity index (χ1n) is 6.47. The summed E-state index contributed by atoms with van der Waals surface area (Å²) in [6.45, 7) is 5.06. The Labute approximate surface area is 110 Å². The standard InChI is InChI=1S/C13H26N2O3/c1-10(2)8-11(9-15(3)4)14-12(16)6-5-7-13(17)18/h10-11H,5-9H2,1-4H3,(H,14,16)(H,17,18). The number of likely N-dealkylation sites (N-methyl/N-ethyl adjacent to an activating group) is 1. The lowest BCUT2D eigenvalue weighted by Gasteiger charge is -2.24. The van der Waals surface area contributed by atoms with E-state index in [-0.39, 0.29) is 24.8 Å². The Morgan fingerprint density at radius 3 is 2.28 bits per heavy atom. The lowest BCUT2D eigenvalue weighted by atomic mass is 10.0. The molecule has 2 N–H and O–H groups in total. The number of carbonyl (C=O) groups excluding carboxylic acids is 1. The molecule has 0 aromatic carbocycles. The normalized spacial score (nSPS) is 12.8. The molecule has 0 radical (unpaired) electrons. The van der Waals surface area contributed by atoms with E-state index in [9.17, 15) is 9.59 Å². The fourth-order valence-corrected chi connectivity index (χ4v) is 1.89. The predicted octanol–water partition coefficient (Wildman–Crippen LogP) is 1.33. The molecule has 1 unspecified atom stereocenters. The Kier molecular flexibility index (Phi) is 8.37. The number of hydrogen-bond donors (Lipinski definition) is 2. The number of hydrogen-bond acceptors (Lipinski definition) is 3. The van der Waals surface area contributed by atoms with Gasteiger partial charge < -0.3 is 15.3 Å². The van der Waals surface area contributed by atoms with E-state index in [4.69, 9.17) is 5.11 Å². The Bertz CT molecular complexity index is 255. The van der Waals surface area contributed by atoms with Crippen molar-refractivity contribution in [3.63, 3.8) is 0 Å². The van der Waals surface area contributed by atoms with Gasteiger partial charge in [-0.3, -0.25) is 9.59 Å².